The minimum atomic E-state index is -1.50. The third kappa shape index (κ3) is 2.10. The quantitative estimate of drug-likeness (QED) is 0.792. The predicted molar refractivity (Wildman–Crippen MR) is 55.1 cm³/mol. The second-order valence-corrected chi connectivity index (χ2v) is 3.36. The SMILES string of the molecule is COc1ccc(C)c(C(O)C(=O)O)c1C. The van der Waals surface area contributed by atoms with Gasteiger partial charge in [-0.3, -0.25) is 0 Å². The van der Waals surface area contributed by atoms with Gasteiger partial charge >= 0.3 is 5.97 Å². The van der Waals surface area contributed by atoms with Crippen LogP contribution < -0.4 is 4.74 Å². The third-order valence-electron chi connectivity index (χ3n) is 2.41. The molecule has 82 valence electrons. The summed E-state index contributed by atoms with van der Waals surface area (Å²) in [5, 5.41) is 18.3. The summed E-state index contributed by atoms with van der Waals surface area (Å²) in [5.41, 5.74) is 1.80. The number of benzene rings is 1. The number of aliphatic hydroxyl groups excluding tert-OH is 1. The Kier molecular flexibility index (Phi) is 3.31. The molecule has 0 saturated carbocycles. The van der Waals surface area contributed by atoms with E-state index in [9.17, 15) is 9.90 Å². The summed E-state index contributed by atoms with van der Waals surface area (Å²) in [6.07, 6.45) is -1.50. The molecule has 1 rings (SSSR count). The van der Waals surface area contributed by atoms with E-state index in [4.69, 9.17) is 9.84 Å². The fourth-order valence-electron chi connectivity index (χ4n) is 1.61. The van der Waals surface area contributed by atoms with Gasteiger partial charge in [0.05, 0.1) is 7.11 Å². The molecule has 1 aromatic carbocycles. The molecule has 1 aromatic rings. The number of carboxylic acids is 1. The van der Waals surface area contributed by atoms with Crippen LogP contribution in [-0.4, -0.2) is 23.3 Å². The number of aryl methyl sites for hydroxylation is 1. The molecule has 1 atom stereocenters. The van der Waals surface area contributed by atoms with Crippen LogP contribution in [0.1, 0.15) is 22.8 Å². The number of hydrogen-bond acceptors (Lipinski definition) is 3. The average molecular weight is 210 g/mol. The maximum absolute atomic E-state index is 10.7. The lowest BCUT2D eigenvalue weighted by atomic mass is 9.97. The number of aliphatic carboxylic acids is 1. The van der Waals surface area contributed by atoms with Crippen molar-refractivity contribution < 1.29 is 19.7 Å². The summed E-state index contributed by atoms with van der Waals surface area (Å²) in [7, 11) is 1.51. The van der Waals surface area contributed by atoms with Crippen LogP contribution in [0.2, 0.25) is 0 Å². The molecule has 0 heterocycles. The van der Waals surface area contributed by atoms with Gasteiger partial charge in [0.25, 0.3) is 0 Å². The summed E-state index contributed by atoms with van der Waals surface area (Å²) in [6.45, 7) is 3.49. The average Bonchev–Trinajstić information content (AvgIpc) is 2.17. The Labute approximate surface area is 88.1 Å². The maximum atomic E-state index is 10.7. The summed E-state index contributed by atoms with van der Waals surface area (Å²) in [5.74, 6) is -0.676. The zero-order chi connectivity index (χ0) is 11.6. The van der Waals surface area contributed by atoms with Crippen molar-refractivity contribution in [3.05, 3.63) is 28.8 Å². The van der Waals surface area contributed by atoms with Gasteiger partial charge in [-0.15, -0.1) is 0 Å². The van der Waals surface area contributed by atoms with Gasteiger partial charge in [0.2, 0.25) is 0 Å². The molecule has 0 amide bonds. The van der Waals surface area contributed by atoms with E-state index >= 15 is 0 Å². The summed E-state index contributed by atoms with van der Waals surface area (Å²) in [4.78, 5) is 10.7. The number of aliphatic hydroxyl groups is 1. The first-order valence-electron chi connectivity index (χ1n) is 4.54. The normalized spacial score (nSPS) is 12.3. The Hall–Kier alpha value is -1.55. The molecule has 0 aliphatic carbocycles. The van der Waals surface area contributed by atoms with Crippen LogP contribution in [0.3, 0.4) is 0 Å². The highest BCUT2D eigenvalue weighted by molar-refractivity contribution is 5.75. The molecule has 0 saturated heterocycles. The summed E-state index contributed by atoms with van der Waals surface area (Å²) in [6, 6.07) is 3.48. The molecule has 4 nitrogen and oxygen atoms in total. The van der Waals surface area contributed by atoms with Crippen molar-refractivity contribution in [3.8, 4) is 5.75 Å². The van der Waals surface area contributed by atoms with Gasteiger partial charge in [-0.2, -0.15) is 0 Å². The van der Waals surface area contributed by atoms with Gasteiger partial charge in [0, 0.05) is 5.56 Å². The molecule has 0 aliphatic rings. The van der Waals surface area contributed by atoms with Crippen molar-refractivity contribution in [3.63, 3.8) is 0 Å². The van der Waals surface area contributed by atoms with Crippen LogP contribution in [0.5, 0.6) is 5.75 Å². The summed E-state index contributed by atoms with van der Waals surface area (Å²) >= 11 is 0. The van der Waals surface area contributed by atoms with Crippen LogP contribution in [-0.2, 0) is 4.79 Å². The second kappa shape index (κ2) is 4.31. The molecule has 4 heteroatoms. The van der Waals surface area contributed by atoms with Gasteiger partial charge in [0.1, 0.15) is 5.75 Å². The largest absolute Gasteiger partial charge is 0.496 e. The first-order chi connectivity index (χ1) is 6.99. The van der Waals surface area contributed by atoms with Gasteiger partial charge in [-0.25, -0.2) is 4.79 Å². The fourth-order valence-corrected chi connectivity index (χ4v) is 1.61. The molecule has 0 aliphatic heterocycles. The number of rotatable bonds is 3. The van der Waals surface area contributed by atoms with E-state index < -0.39 is 12.1 Å². The third-order valence-corrected chi connectivity index (χ3v) is 2.41. The molecule has 2 N–H and O–H groups in total. The zero-order valence-electron chi connectivity index (χ0n) is 8.94. The Bertz CT molecular complexity index is 384. The van der Waals surface area contributed by atoms with E-state index in [2.05, 4.69) is 0 Å². The van der Waals surface area contributed by atoms with E-state index in [0.717, 1.165) is 5.56 Å². The number of hydrogen-bond donors (Lipinski definition) is 2. The van der Waals surface area contributed by atoms with Crippen molar-refractivity contribution in [2.45, 2.75) is 20.0 Å². The summed E-state index contributed by atoms with van der Waals surface area (Å²) < 4.78 is 5.07. The standard InChI is InChI=1S/C11H14O4/c1-6-4-5-8(15-3)7(2)9(6)10(12)11(13)14/h4-5,10,12H,1-3H3,(H,13,14). The molecule has 0 spiro atoms. The Morgan fingerprint density at radius 3 is 2.47 bits per heavy atom. The number of methoxy groups -OCH3 is 1. The lowest BCUT2D eigenvalue weighted by molar-refractivity contribution is -0.147. The highest BCUT2D eigenvalue weighted by Gasteiger charge is 2.21. The Morgan fingerprint density at radius 2 is 2.00 bits per heavy atom. The van der Waals surface area contributed by atoms with E-state index in [1.165, 1.54) is 7.11 Å². The van der Waals surface area contributed by atoms with Gasteiger partial charge in [0.15, 0.2) is 6.10 Å². The van der Waals surface area contributed by atoms with Crippen molar-refractivity contribution in [1.82, 2.24) is 0 Å². The van der Waals surface area contributed by atoms with E-state index in [-0.39, 0.29) is 0 Å². The zero-order valence-corrected chi connectivity index (χ0v) is 8.94. The van der Waals surface area contributed by atoms with E-state index in [1.807, 2.05) is 0 Å². The smallest absolute Gasteiger partial charge is 0.337 e. The number of ether oxygens (including phenoxy) is 1. The van der Waals surface area contributed by atoms with Crippen LogP contribution in [0.15, 0.2) is 12.1 Å². The molecule has 0 radical (unpaired) electrons. The van der Waals surface area contributed by atoms with Gasteiger partial charge < -0.3 is 14.9 Å². The van der Waals surface area contributed by atoms with Crippen LogP contribution in [0.4, 0.5) is 0 Å². The van der Waals surface area contributed by atoms with Crippen LogP contribution in [0.25, 0.3) is 0 Å². The van der Waals surface area contributed by atoms with E-state index in [0.29, 0.717) is 16.9 Å². The first-order valence-corrected chi connectivity index (χ1v) is 4.54. The second-order valence-electron chi connectivity index (χ2n) is 3.36. The van der Waals surface area contributed by atoms with Crippen LogP contribution >= 0.6 is 0 Å². The molecular formula is C11H14O4. The number of carbonyl (C=O) groups is 1. The topological polar surface area (TPSA) is 66.8 Å². The Balaban J connectivity index is 3.32. The minimum Gasteiger partial charge on any atom is -0.496 e. The lowest BCUT2D eigenvalue weighted by Crippen LogP contribution is -2.13. The molecular weight excluding hydrogens is 196 g/mol. The molecule has 15 heavy (non-hydrogen) atoms. The number of carboxylic acid groups (broad SMARTS) is 1. The van der Waals surface area contributed by atoms with Crippen molar-refractivity contribution in [2.75, 3.05) is 7.11 Å². The van der Waals surface area contributed by atoms with Crippen LogP contribution in [0, 0.1) is 13.8 Å². The highest BCUT2D eigenvalue weighted by Crippen LogP contribution is 2.29. The monoisotopic (exact) mass is 210 g/mol. The molecule has 1 unspecified atom stereocenters. The van der Waals surface area contributed by atoms with Gasteiger partial charge in [-0.1, -0.05) is 6.07 Å². The van der Waals surface area contributed by atoms with Crippen molar-refractivity contribution in [1.29, 1.82) is 0 Å². The Morgan fingerprint density at radius 1 is 1.40 bits per heavy atom. The lowest BCUT2D eigenvalue weighted by Gasteiger charge is -2.15. The first kappa shape index (κ1) is 11.5. The fraction of sp³-hybridized carbons (Fsp3) is 0.364. The highest BCUT2D eigenvalue weighted by atomic mass is 16.5. The molecule has 0 fully saturated rings. The molecule has 0 bridgehead atoms. The minimum absolute atomic E-state index is 0.404. The van der Waals surface area contributed by atoms with Gasteiger partial charge in [-0.05, 0) is 31.0 Å². The van der Waals surface area contributed by atoms with Crippen molar-refractivity contribution in [2.24, 2.45) is 0 Å². The maximum Gasteiger partial charge on any atom is 0.337 e. The molecule has 0 aromatic heterocycles. The van der Waals surface area contributed by atoms with E-state index in [1.54, 1.807) is 26.0 Å². The predicted octanol–water partition coefficient (Wildman–Crippen LogP) is 1.43. The van der Waals surface area contributed by atoms with Crippen molar-refractivity contribution >= 4 is 5.97 Å².